The fraction of sp³-hybridized carbons (Fsp3) is 0.556. The van der Waals surface area contributed by atoms with Gasteiger partial charge >= 0.3 is 0 Å². The lowest BCUT2D eigenvalue weighted by Crippen LogP contribution is -2.45. The maximum Gasteiger partial charge on any atom is 0.258 e. The number of nitrogens with zero attached hydrogens (tertiary/aromatic N) is 1. The van der Waals surface area contributed by atoms with E-state index < -0.39 is 0 Å². The highest BCUT2D eigenvalue weighted by Crippen LogP contribution is 2.29. The Labute approximate surface area is 148 Å². The van der Waals surface area contributed by atoms with Gasteiger partial charge in [0, 0.05) is 30.7 Å². The second-order valence-electron chi connectivity index (χ2n) is 6.53. The van der Waals surface area contributed by atoms with E-state index in [-0.39, 0.29) is 30.5 Å². The van der Waals surface area contributed by atoms with Gasteiger partial charge in [0.05, 0.1) is 7.11 Å². The number of carbonyl (C=O) groups excluding carboxylic acids is 2. The molecule has 1 aromatic rings. The van der Waals surface area contributed by atoms with Crippen LogP contribution in [-0.4, -0.2) is 55.6 Å². The molecule has 0 spiro atoms. The van der Waals surface area contributed by atoms with Crippen LogP contribution in [0.15, 0.2) is 18.2 Å². The van der Waals surface area contributed by atoms with Crippen molar-refractivity contribution in [2.75, 3.05) is 26.8 Å². The third kappa shape index (κ3) is 5.35. The molecule has 0 bridgehead atoms. The Morgan fingerprint density at radius 1 is 1.36 bits per heavy atom. The summed E-state index contributed by atoms with van der Waals surface area (Å²) in [5.74, 6) is 0.565. The quantitative estimate of drug-likeness (QED) is 0.804. The number of nitrogens with one attached hydrogen (secondary N) is 1. The molecule has 7 heteroatoms. The first-order chi connectivity index (χ1) is 11.9. The van der Waals surface area contributed by atoms with Crippen LogP contribution in [0, 0.1) is 0 Å². The minimum absolute atomic E-state index is 0.0293. The van der Waals surface area contributed by atoms with Crippen LogP contribution in [0.25, 0.3) is 0 Å². The van der Waals surface area contributed by atoms with E-state index in [9.17, 15) is 9.59 Å². The van der Waals surface area contributed by atoms with Gasteiger partial charge in [-0.2, -0.15) is 0 Å². The second-order valence-corrected chi connectivity index (χ2v) is 6.53. The van der Waals surface area contributed by atoms with Crippen LogP contribution in [0.2, 0.25) is 0 Å². The SMILES string of the molecule is COc1cc(C(=O)N2CCCC(N)C2)ccc1OCC(=O)NC(C)C. The van der Waals surface area contributed by atoms with E-state index in [1.54, 1.807) is 23.1 Å². The number of ether oxygens (including phenoxy) is 2. The van der Waals surface area contributed by atoms with Gasteiger partial charge in [0.15, 0.2) is 18.1 Å². The number of carbonyl (C=O) groups is 2. The summed E-state index contributed by atoms with van der Waals surface area (Å²) in [4.78, 5) is 26.1. The molecule has 138 valence electrons. The van der Waals surface area contributed by atoms with Crippen LogP contribution in [0.4, 0.5) is 0 Å². The molecule has 1 unspecified atom stereocenters. The Kier molecular flexibility index (Phi) is 6.64. The summed E-state index contributed by atoms with van der Waals surface area (Å²) in [7, 11) is 1.50. The summed E-state index contributed by atoms with van der Waals surface area (Å²) in [6, 6.07) is 5.05. The number of methoxy groups -OCH3 is 1. The van der Waals surface area contributed by atoms with Gasteiger partial charge in [-0.1, -0.05) is 0 Å². The Balaban J connectivity index is 2.05. The number of hydrogen-bond acceptors (Lipinski definition) is 5. The van der Waals surface area contributed by atoms with Crippen molar-refractivity contribution in [3.05, 3.63) is 23.8 Å². The highest BCUT2D eigenvalue weighted by atomic mass is 16.5. The number of hydrogen-bond donors (Lipinski definition) is 2. The molecule has 1 fully saturated rings. The van der Waals surface area contributed by atoms with Gasteiger partial charge in [-0.3, -0.25) is 9.59 Å². The Hall–Kier alpha value is -2.28. The van der Waals surface area contributed by atoms with E-state index in [4.69, 9.17) is 15.2 Å². The molecule has 1 atom stereocenters. The fourth-order valence-electron chi connectivity index (χ4n) is 2.80. The van der Waals surface area contributed by atoms with Crippen molar-refractivity contribution in [2.24, 2.45) is 5.73 Å². The molecular weight excluding hydrogens is 322 g/mol. The van der Waals surface area contributed by atoms with Crippen molar-refractivity contribution in [2.45, 2.75) is 38.8 Å². The summed E-state index contributed by atoms with van der Waals surface area (Å²) in [5.41, 5.74) is 6.47. The minimum atomic E-state index is -0.209. The standard InChI is InChI=1S/C18H27N3O4/c1-12(2)20-17(22)11-25-15-7-6-13(9-16(15)24-3)18(23)21-8-4-5-14(19)10-21/h6-7,9,12,14H,4-5,8,10-11,19H2,1-3H3,(H,20,22). The zero-order chi connectivity index (χ0) is 18.4. The number of piperidine rings is 1. The summed E-state index contributed by atoms with van der Waals surface area (Å²) < 4.78 is 10.8. The minimum Gasteiger partial charge on any atom is -0.493 e. The van der Waals surface area contributed by atoms with Gasteiger partial charge in [0.2, 0.25) is 0 Å². The average Bonchev–Trinajstić information content (AvgIpc) is 2.58. The molecule has 25 heavy (non-hydrogen) atoms. The van der Waals surface area contributed by atoms with E-state index in [2.05, 4.69) is 5.32 Å². The lowest BCUT2D eigenvalue weighted by Gasteiger charge is -2.31. The zero-order valence-electron chi connectivity index (χ0n) is 15.1. The van der Waals surface area contributed by atoms with E-state index >= 15 is 0 Å². The van der Waals surface area contributed by atoms with Crippen LogP contribution >= 0.6 is 0 Å². The van der Waals surface area contributed by atoms with Gasteiger partial charge < -0.3 is 25.4 Å². The van der Waals surface area contributed by atoms with Crippen molar-refractivity contribution in [1.82, 2.24) is 10.2 Å². The third-order valence-corrected chi connectivity index (χ3v) is 3.96. The molecule has 3 N–H and O–H groups in total. The normalized spacial score (nSPS) is 17.3. The Morgan fingerprint density at radius 3 is 2.76 bits per heavy atom. The van der Waals surface area contributed by atoms with Crippen LogP contribution in [-0.2, 0) is 4.79 Å². The van der Waals surface area contributed by atoms with E-state index in [1.165, 1.54) is 7.11 Å². The number of rotatable bonds is 6. The third-order valence-electron chi connectivity index (χ3n) is 3.96. The van der Waals surface area contributed by atoms with Crippen LogP contribution in [0.3, 0.4) is 0 Å². The van der Waals surface area contributed by atoms with Crippen molar-refractivity contribution in [1.29, 1.82) is 0 Å². The highest BCUT2D eigenvalue weighted by molar-refractivity contribution is 5.95. The lowest BCUT2D eigenvalue weighted by molar-refractivity contribution is -0.123. The molecule has 0 aliphatic carbocycles. The van der Waals surface area contributed by atoms with E-state index in [0.717, 1.165) is 12.8 Å². The molecule has 1 aliphatic heterocycles. The molecule has 0 aromatic heterocycles. The summed E-state index contributed by atoms with van der Waals surface area (Å²) in [5, 5.41) is 2.75. The van der Waals surface area contributed by atoms with Crippen molar-refractivity contribution < 1.29 is 19.1 Å². The molecule has 2 rings (SSSR count). The lowest BCUT2D eigenvalue weighted by atomic mass is 10.1. The molecule has 1 heterocycles. The molecule has 1 aliphatic rings. The number of amides is 2. The molecular formula is C18H27N3O4. The zero-order valence-corrected chi connectivity index (χ0v) is 15.1. The van der Waals surface area contributed by atoms with Crippen LogP contribution in [0.5, 0.6) is 11.5 Å². The highest BCUT2D eigenvalue weighted by Gasteiger charge is 2.23. The second kappa shape index (κ2) is 8.71. The molecule has 1 aromatic carbocycles. The van der Waals surface area contributed by atoms with Gasteiger partial charge in [-0.25, -0.2) is 0 Å². The molecule has 7 nitrogen and oxygen atoms in total. The van der Waals surface area contributed by atoms with Crippen LogP contribution < -0.4 is 20.5 Å². The topological polar surface area (TPSA) is 93.9 Å². The van der Waals surface area contributed by atoms with E-state index in [1.807, 2.05) is 13.8 Å². The summed E-state index contributed by atoms with van der Waals surface area (Å²) in [6.45, 7) is 4.93. The van der Waals surface area contributed by atoms with Gasteiger partial charge in [0.25, 0.3) is 11.8 Å². The van der Waals surface area contributed by atoms with Gasteiger partial charge in [-0.15, -0.1) is 0 Å². The first kappa shape index (κ1) is 19.1. The number of benzene rings is 1. The molecule has 1 saturated heterocycles. The van der Waals surface area contributed by atoms with Crippen molar-refractivity contribution >= 4 is 11.8 Å². The van der Waals surface area contributed by atoms with Crippen molar-refractivity contribution in [3.8, 4) is 11.5 Å². The largest absolute Gasteiger partial charge is 0.493 e. The first-order valence-electron chi connectivity index (χ1n) is 8.55. The monoisotopic (exact) mass is 349 g/mol. The molecule has 0 saturated carbocycles. The smallest absolute Gasteiger partial charge is 0.258 e. The van der Waals surface area contributed by atoms with E-state index in [0.29, 0.717) is 30.2 Å². The fourth-order valence-corrected chi connectivity index (χ4v) is 2.80. The van der Waals surface area contributed by atoms with Crippen molar-refractivity contribution in [3.63, 3.8) is 0 Å². The average molecular weight is 349 g/mol. The Bertz CT molecular complexity index is 618. The maximum absolute atomic E-state index is 12.6. The predicted octanol–water partition coefficient (Wildman–Crippen LogP) is 1.16. The molecule has 2 amide bonds. The van der Waals surface area contributed by atoms with Gasteiger partial charge in [0.1, 0.15) is 0 Å². The Morgan fingerprint density at radius 2 is 2.12 bits per heavy atom. The van der Waals surface area contributed by atoms with Crippen LogP contribution in [0.1, 0.15) is 37.0 Å². The summed E-state index contributed by atoms with van der Waals surface area (Å²) >= 11 is 0. The number of nitrogens with two attached hydrogens (primary N) is 1. The molecule has 0 radical (unpaired) electrons. The predicted molar refractivity (Wildman–Crippen MR) is 94.9 cm³/mol. The maximum atomic E-state index is 12.6. The first-order valence-corrected chi connectivity index (χ1v) is 8.55. The van der Waals surface area contributed by atoms with Gasteiger partial charge in [-0.05, 0) is 44.9 Å². The summed E-state index contributed by atoms with van der Waals surface area (Å²) in [6.07, 6.45) is 1.86. The number of likely N-dealkylation sites (tertiary alicyclic amines) is 1.